The molecule has 1 N–H and O–H groups in total. The highest BCUT2D eigenvalue weighted by molar-refractivity contribution is 5.41. The van der Waals surface area contributed by atoms with Crippen LogP contribution in [0.2, 0.25) is 0 Å². The van der Waals surface area contributed by atoms with E-state index < -0.39 is 0 Å². The molecular formula is C17H23NO. The topological polar surface area (TPSA) is 21.3 Å². The van der Waals surface area contributed by atoms with E-state index in [9.17, 15) is 0 Å². The average molecular weight is 257 g/mol. The molecule has 0 radical (unpaired) electrons. The number of fused-ring (bicyclic) bond motifs is 1. The van der Waals surface area contributed by atoms with E-state index in [1.807, 2.05) is 0 Å². The zero-order valence-electron chi connectivity index (χ0n) is 11.9. The van der Waals surface area contributed by atoms with Gasteiger partial charge in [-0.3, -0.25) is 0 Å². The first-order chi connectivity index (χ1) is 9.12. The molecule has 19 heavy (non-hydrogen) atoms. The van der Waals surface area contributed by atoms with E-state index in [-0.39, 0.29) is 5.60 Å². The minimum atomic E-state index is -0.0391. The molecule has 1 aliphatic heterocycles. The molecule has 2 nitrogen and oxygen atoms in total. The van der Waals surface area contributed by atoms with Crippen molar-refractivity contribution in [3.8, 4) is 5.75 Å². The van der Waals surface area contributed by atoms with Crippen LogP contribution in [0, 0.1) is 0 Å². The summed E-state index contributed by atoms with van der Waals surface area (Å²) >= 11 is 0. The van der Waals surface area contributed by atoms with E-state index in [1.54, 1.807) is 0 Å². The lowest BCUT2D eigenvalue weighted by atomic mass is 9.99. The Labute approximate surface area is 115 Å². The van der Waals surface area contributed by atoms with Crippen LogP contribution >= 0.6 is 0 Å². The highest BCUT2D eigenvalue weighted by Gasteiger charge is 2.29. The summed E-state index contributed by atoms with van der Waals surface area (Å²) < 4.78 is 5.91. The first kappa shape index (κ1) is 12.7. The number of nitrogens with one attached hydrogen (secondary N) is 1. The number of hydrogen-bond donors (Lipinski definition) is 1. The van der Waals surface area contributed by atoms with Crippen LogP contribution in [0.1, 0.15) is 44.2 Å². The Morgan fingerprint density at radius 3 is 3.00 bits per heavy atom. The molecule has 1 aromatic rings. The van der Waals surface area contributed by atoms with Crippen LogP contribution in [-0.4, -0.2) is 11.6 Å². The molecule has 2 heteroatoms. The van der Waals surface area contributed by atoms with Gasteiger partial charge >= 0.3 is 0 Å². The Morgan fingerprint density at radius 2 is 2.21 bits per heavy atom. The normalized spacial score (nSPS) is 24.0. The van der Waals surface area contributed by atoms with Gasteiger partial charge in [-0.25, -0.2) is 0 Å². The highest BCUT2D eigenvalue weighted by atomic mass is 16.5. The Bertz CT molecular complexity index is 490. The van der Waals surface area contributed by atoms with E-state index in [0.717, 1.165) is 18.7 Å². The fourth-order valence-electron chi connectivity index (χ4n) is 3.01. The minimum Gasteiger partial charge on any atom is -0.487 e. The summed E-state index contributed by atoms with van der Waals surface area (Å²) in [4.78, 5) is 0. The van der Waals surface area contributed by atoms with Crippen molar-refractivity contribution in [2.24, 2.45) is 0 Å². The summed E-state index contributed by atoms with van der Waals surface area (Å²) in [6, 6.07) is 7.26. The van der Waals surface area contributed by atoms with E-state index in [2.05, 4.69) is 49.5 Å². The molecule has 1 unspecified atom stereocenters. The van der Waals surface area contributed by atoms with Crippen LogP contribution in [0.4, 0.5) is 0 Å². The Hall–Kier alpha value is -1.28. The molecule has 0 bridgehead atoms. The predicted molar refractivity (Wildman–Crippen MR) is 78.5 cm³/mol. The Balaban J connectivity index is 1.62. The van der Waals surface area contributed by atoms with E-state index in [0.29, 0.717) is 6.04 Å². The number of benzene rings is 1. The molecule has 0 aromatic heterocycles. The quantitative estimate of drug-likeness (QED) is 0.835. The summed E-state index contributed by atoms with van der Waals surface area (Å²) in [5.74, 6) is 1.06. The molecule has 0 saturated carbocycles. The number of ether oxygens (including phenoxy) is 1. The molecule has 1 aliphatic carbocycles. The van der Waals surface area contributed by atoms with Crippen molar-refractivity contribution in [1.82, 2.24) is 5.32 Å². The average Bonchev–Trinajstić information content (AvgIpc) is 2.70. The maximum atomic E-state index is 5.91. The molecule has 0 fully saturated rings. The maximum absolute atomic E-state index is 5.91. The van der Waals surface area contributed by atoms with Crippen LogP contribution in [0.25, 0.3) is 0 Å². The molecule has 102 valence electrons. The van der Waals surface area contributed by atoms with Crippen LogP contribution in [-0.2, 0) is 13.0 Å². The fourth-order valence-corrected chi connectivity index (χ4v) is 3.01. The van der Waals surface area contributed by atoms with E-state index in [1.165, 1.54) is 30.4 Å². The molecule has 3 rings (SSSR count). The van der Waals surface area contributed by atoms with Crippen molar-refractivity contribution >= 4 is 0 Å². The lowest BCUT2D eigenvalue weighted by molar-refractivity contribution is 0.138. The molecule has 1 aromatic carbocycles. The second-order valence-electron chi connectivity index (χ2n) is 6.34. The molecule has 2 aliphatic rings. The van der Waals surface area contributed by atoms with Gasteiger partial charge in [-0.1, -0.05) is 24.3 Å². The number of hydrogen-bond acceptors (Lipinski definition) is 2. The summed E-state index contributed by atoms with van der Waals surface area (Å²) in [7, 11) is 0. The van der Waals surface area contributed by atoms with Crippen molar-refractivity contribution in [1.29, 1.82) is 0 Å². The summed E-state index contributed by atoms with van der Waals surface area (Å²) in [5.41, 5.74) is 2.69. The van der Waals surface area contributed by atoms with Crippen LogP contribution < -0.4 is 10.1 Å². The van der Waals surface area contributed by atoms with Crippen LogP contribution in [0.3, 0.4) is 0 Å². The predicted octanol–water partition coefficient (Wildman–Crippen LogP) is 3.60. The third-order valence-electron chi connectivity index (χ3n) is 3.99. The Morgan fingerprint density at radius 1 is 1.32 bits per heavy atom. The van der Waals surface area contributed by atoms with Crippen molar-refractivity contribution in [3.63, 3.8) is 0 Å². The maximum Gasteiger partial charge on any atom is 0.123 e. The second-order valence-corrected chi connectivity index (χ2v) is 6.34. The lowest BCUT2D eigenvalue weighted by Gasteiger charge is -2.19. The molecular weight excluding hydrogens is 234 g/mol. The smallest absolute Gasteiger partial charge is 0.123 e. The van der Waals surface area contributed by atoms with Gasteiger partial charge in [0.25, 0.3) is 0 Å². The Kier molecular flexibility index (Phi) is 3.36. The van der Waals surface area contributed by atoms with Crippen LogP contribution in [0.5, 0.6) is 5.75 Å². The van der Waals surface area contributed by atoms with Gasteiger partial charge in [-0.05, 0) is 50.3 Å². The number of allylic oxidation sites excluding steroid dienone is 1. The van der Waals surface area contributed by atoms with Crippen LogP contribution in [0.15, 0.2) is 30.4 Å². The van der Waals surface area contributed by atoms with Crippen molar-refractivity contribution < 1.29 is 4.74 Å². The third kappa shape index (κ3) is 3.01. The monoisotopic (exact) mass is 257 g/mol. The fraction of sp³-hybridized carbons (Fsp3) is 0.529. The first-order valence-corrected chi connectivity index (χ1v) is 7.32. The van der Waals surface area contributed by atoms with Gasteiger partial charge in [0.05, 0.1) is 0 Å². The summed E-state index contributed by atoms with van der Waals surface area (Å²) in [5, 5.41) is 3.66. The van der Waals surface area contributed by atoms with Crippen molar-refractivity contribution in [2.75, 3.05) is 0 Å². The summed E-state index contributed by atoms with van der Waals surface area (Å²) in [6.45, 7) is 5.27. The third-order valence-corrected chi connectivity index (χ3v) is 3.99. The van der Waals surface area contributed by atoms with E-state index in [4.69, 9.17) is 4.74 Å². The number of rotatable bonds is 3. The molecule has 1 atom stereocenters. The lowest BCUT2D eigenvalue weighted by Crippen LogP contribution is -2.29. The molecule has 1 heterocycles. The molecule has 0 saturated heterocycles. The van der Waals surface area contributed by atoms with Gasteiger partial charge in [0.2, 0.25) is 0 Å². The van der Waals surface area contributed by atoms with Crippen molar-refractivity contribution in [3.05, 3.63) is 41.5 Å². The molecule has 0 amide bonds. The largest absolute Gasteiger partial charge is 0.487 e. The van der Waals surface area contributed by atoms with Gasteiger partial charge < -0.3 is 10.1 Å². The second kappa shape index (κ2) is 5.01. The zero-order valence-corrected chi connectivity index (χ0v) is 11.9. The molecule has 0 spiro atoms. The summed E-state index contributed by atoms with van der Waals surface area (Å²) in [6.07, 6.45) is 9.23. The van der Waals surface area contributed by atoms with Gasteiger partial charge in [0.1, 0.15) is 11.4 Å². The van der Waals surface area contributed by atoms with Gasteiger partial charge in [-0.15, -0.1) is 0 Å². The van der Waals surface area contributed by atoms with Crippen molar-refractivity contribution in [2.45, 2.75) is 57.7 Å². The van der Waals surface area contributed by atoms with Gasteiger partial charge in [0, 0.05) is 19.0 Å². The minimum absolute atomic E-state index is 0.0391. The van der Waals surface area contributed by atoms with Gasteiger partial charge in [0.15, 0.2) is 0 Å². The zero-order chi connectivity index (χ0) is 13.3. The SMILES string of the molecule is CC1(C)Cc2cc(CNC3CC=CCC3)ccc2O1. The first-order valence-electron chi connectivity index (χ1n) is 7.32. The van der Waals surface area contributed by atoms with Gasteiger partial charge in [-0.2, -0.15) is 0 Å². The standard InChI is InChI=1S/C17H23NO/c1-17(2)11-14-10-13(8-9-16(14)19-17)12-18-15-6-4-3-5-7-15/h3-4,8-10,15,18H,5-7,11-12H2,1-2H3. The van der Waals surface area contributed by atoms with E-state index >= 15 is 0 Å². The highest BCUT2D eigenvalue weighted by Crippen LogP contribution is 2.35.